The predicted octanol–water partition coefficient (Wildman–Crippen LogP) is 2.84. The van der Waals surface area contributed by atoms with Crippen LogP contribution in [0.4, 0.5) is 13.2 Å². The lowest BCUT2D eigenvalue weighted by Crippen LogP contribution is -2.29. The Morgan fingerprint density at radius 2 is 2.13 bits per heavy atom. The summed E-state index contributed by atoms with van der Waals surface area (Å²) in [4.78, 5) is 15.6. The number of ether oxygens (including phenoxy) is 1. The van der Waals surface area contributed by atoms with Crippen LogP contribution in [0, 0.1) is 0 Å². The van der Waals surface area contributed by atoms with E-state index in [-0.39, 0.29) is 16.6 Å². The molecule has 124 valence electrons. The summed E-state index contributed by atoms with van der Waals surface area (Å²) in [5.74, 6) is -0.293. The smallest absolute Gasteiger partial charge is 0.434 e. The van der Waals surface area contributed by atoms with E-state index in [1.165, 1.54) is 19.2 Å². The molecule has 1 atom stereocenters. The summed E-state index contributed by atoms with van der Waals surface area (Å²) in [7, 11) is 1.41. The number of aromatic nitrogens is 3. The van der Waals surface area contributed by atoms with Crippen molar-refractivity contribution < 1.29 is 22.7 Å². The Hall–Kier alpha value is -2.23. The second kappa shape index (κ2) is 6.90. The molecule has 2 rings (SSSR count). The zero-order valence-corrected chi connectivity index (χ0v) is 13.0. The van der Waals surface area contributed by atoms with Crippen LogP contribution in [0.15, 0.2) is 17.5 Å². The lowest BCUT2D eigenvalue weighted by atomic mass is 10.2. The third-order valence-corrected chi connectivity index (χ3v) is 3.86. The van der Waals surface area contributed by atoms with Gasteiger partial charge in [-0.05, 0) is 12.5 Å². The normalized spacial score (nSPS) is 12.7. The first kappa shape index (κ1) is 17.1. The Labute approximate surface area is 133 Å². The second-order valence-corrected chi connectivity index (χ2v) is 5.35. The van der Waals surface area contributed by atoms with Crippen molar-refractivity contribution in [3.63, 3.8) is 0 Å². The molecule has 0 saturated carbocycles. The summed E-state index contributed by atoms with van der Waals surface area (Å²) in [6.45, 7) is 1.74. The maximum absolute atomic E-state index is 12.6. The lowest BCUT2D eigenvalue weighted by Gasteiger charge is -2.14. The van der Waals surface area contributed by atoms with Gasteiger partial charge in [0, 0.05) is 11.4 Å². The van der Waals surface area contributed by atoms with E-state index in [1.807, 2.05) is 0 Å². The van der Waals surface area contributed by atoms with Crippen LogP contribution in [0.25, 0.3) is 0 Å². The average Bonchev–Trinajstić information content (AvgIpc) is 3.02. The van der Waals surface area contributed by atoms with E-state index in [2.05, 4.69) is 20.5 Å². The van der Waals surface area contributed by atoms with Crippen LogP contribution in [0.3, 0.4) is 0 Å². The van der Waals surface area contributed by atoms with E-state index in [0.29, 0.717) is 6.42 Å². The highest BCUT2D eigenvalue weighted by atomic mass is 32.1. The summed E-state index contributed by atoms with van der Waals surface area (Å²) < 4.78 is 42.6. The van der Waals surface area contributed by atoms with Gasteiger partial charge in [-0.3, -0.25) is 4.79 Å². The molecule has 1 N–H and O–H groups in total. The third-order valence-electron chi connectivity index (χ3n) is 2.91. The first-order valence-corrected chi connectivity index (χ1v) is 7.44. The molecule has 2 aromatic rings. The van der Waals surface area contributed by atoms with E-state index < -0.39 is 23.8 Å². The number of halogens is 3. The molecule has 0 spiro atoms. The largest absolute Gasteiger partial charge is 0.480 e. The fourth-order valence-electron chi connectivity index (χ4n) is 1.70. The van der Waals surface area contributed by atoms with Crippen molar-refractivity contribution in [2.45, 2.75) is 25.6 Å². The summed E-state index contributed by atoms with van der Waals surface area (Å²) >= 11 is 0.850. The molecule has 2 aromatic heterocycles. The number of carbonyl (C=O) groups is 1. The minimum Gasteiger partial charge on any atom is -0.480 e. The maximum atomic E-state index is 12.6. The maximum Gasteiger partial charge on any atom is 0.434 e. The van der Waals surface area contributed by atoms with Crippen molar-refractivity contribution in [3.05, 3.63) is 33.9 Å². The molecule has 0 aliphatic rings. The first-order chi connectivity index (χ1) is 10.8. The number of rotatable bonds is 5. The van der Waals surface area contributed by atoms with Gasteiger partial charge in [-0.1, -0.05) is 6.92 Å². The van der Waals surface area contributed by atoms with Crippen LogP contribution in [0.2, 0.25) is 0 Å². The molecular weight excluding hydrogens is 333 g/mol. The molecule has 2 heterocycles. The van der Waals surface area contributed by atoms with Gasteiger partial charge in [0.1, 0.15) is 5.01 Å². The molecule has 0 unspecified atom stereocenters. The third kappa shape index (κ3) is 4.15. The molecular formula is C13H13F3N4O2S. The summed E-state index contributed by atoms with van der Waals surface area (Å²) in [5, 5.41) is 11.1. The molecule has 0 aromatic carbocycles. The molecule has 6 nitrogen and oxygen atoms in total. The highest BCUT2D eigenvalue weighted by molar-refractivity contribution is 7.09. The van der Waals surface area contributed by atoms with E-state index in [0.717, 1.165) is 16.7 Å². The Morgan fingerprint density at radius 3 is 2.61 bits per heavy atom. The van der Waals surface area contributed by atoms with Crippen molar-refractivity contribution in [2.75, 3.05) is 7.11 Å². The number of nitrogens with one attached hydrogen (secondary N) is 1. The van der Waals surface area contributed by atoms with Crippen LogP contribution < -0.4 is 10.1 Å². The number of carbonyl (C=O) groups excluding carboxylic acids is 1. The van der Waals surface area contributed by atoms with E-state index >= 15 is 0 Å². The van der Waals surface area contributed by atoms with Crippen molar-refractivity contribution in [2.24, 2.45) is 0 Å². The standard InChI is InChI=1S/C13H13F3N4O2S/c1-3-7(12-18-9(6-23-12)13(14,15)16)17-11(21)8-4-5-10(22-2)20-19-8/h4-7H,3H2,1-2H3,(H,17,21)/t7-/m1/s1. The minimum atomic E-state index is -4.50. The van der Waals surface area contributed by atoms with Crippen molar-refractivity contribution in [1.82, 2.24) is 20.5 Å². The molecule has 23 heavy (non-hydrogen) atoms. The van der Waals surface area contributed by atoms with Crippen LogP contribution >= 0.6 is 11.3 Å². The topological polar surface area (TPSA) is 77.0 Å². The first-order valence-electron chi connectivity index (χ1n) is 6.56. The van der Waals surface area contributed by atoms with Gasteiger partial charge in [0.05, 0.1) is 13.2 Å². The van der Waals surface area contributed by atoms with Crippen LogP contribution in [0.5, 0.6) is 5.88 Å². The van der Waals surface area contributed by atoms with Gasteiger partial charge in [-0.15, -0.1) is 21.5 Å². The number of nitrogens with zero attached hydrogens (tertiary/aromatic N) is 3. The van der Waals surface area contributed by atoms with Gasteiger partial charge in [0.15, 0.2) is 11.4 Å². The Kier molecular flexibility index (Phi) is 5.14. The average molecular weight is 346 g/mol. The highest BCUT2D eigenvalue weighted by Crippen LogP contribution is 2.32. The molecule has 0 saturated heterocycles. The molecule has 0 aliphatic heterocycles. The number of thiazole rings is 1. The number of methoxy groups -OCH3 is 1. The summed E-state index contributed by atoms with van der Waals surface area (Å²) in [5.41, 5.74) is -0.925. The molecule has 1 amide bonds. The van der Waals surface area contributed by atoms with Gasteiger partial charge >= 0.3 is 6.18 Å². The molecule has 0 bridgehead atoms. The number of amides is 1. The van der Waals surface area contributed by atoms with Crippen LogP contribution in [-0.4, -0.2) is 28.2 Å². The van der Waals surface area contributed by atoms with Gasteiger partial charge in [-0.2, -0.15) is 13.2 Å². The Bertz CT molecular complexity index is 673. The summed E-state index contributed by atoms with van der Waals surface area (Å²) in [6.07, 6.45) is -4.11. The summed E-state index contributed by atoms with van der Waals surface area (Å²) in [6, 6.07) is 2.25. The minimum absolute atomic E-state index is 0.0388. The van der Waals surface area contributed by atoms with Gasteiger partial charge < -0.3 is 10.1 Å². The van der Waals surface area contributed by atoms with Crippen LogP contribution in [0.1, 0.15) is 40.6 Å². The zero-order valence-electron chi connectivity index (χ0n) is 12.2. The monoisotopic (exact) mass is 346 g/mol. The molecule has 0 radical (unpaired) electrons. The fourth-order valence-corrected chi connectivity index (χ4v) is 2.66. The highest BCUT2D eigenvalue weighted by Gasteiger charge is 2.34. The van der Waals surface area contributed by atoms with Gasteiger partial charge in [0.2, 0.25) is 5.88 Å². The Morgan fingerprint density at radius 1 is 1.39 bits per heavy atom. The van der Waals surface area contributed by atoms with E-state index in [9.17, 15) is 18.0 Å². The zero-order chi connectivity index (χ0) is 17.0. The number of alkyl halides is 3. The molecule has 0 fully saturated rings. The second-order valence-electron chi connectivity index (χ2n) is 4.46. The lowest BCUT2D eigenvalue weighted by molar-refractivity contribution is -0.140. The predicted molar refractivity (Wildman–Crippen MR) is 76.2 cm³/mol. The number of hydrogen-bond acceptors (Lipinski definition) is 6. The quantitative estimate of drug-likeness (QED) is 0.901. The van der Waals surface area contributed by atoms with E-state index in [4.69, 9.17) is 4.74 Å². The van der Waals surface area contributed by atoms with Gasteiger partial charge in [0.25, 0.3) is 5.91 Å². The molecule has 10 heteroatoms. The SMILES string of the molecule is CC[C@@H](NC(=O)c1ccc(OC)nn1)c1nc(C(F)(F)F)cs1. The Balaban J connectivity index is 2.12. The van der Waals surface area contributed by atoms with Crippen molar-refractivity contribution in [1.29, 1.82) is 0 Å². The van der Waals surface area contributed by atoms with Crippen molar-refractivity contribution in [3.8, 4) is 5.88 Å². The molecule has 0 aliphatic carbocycles. The number of hydrogen-bond donors (Lipinski definition) is 1. The van der Waals surface area contributed by atoms with E-state index in [1.54, 1.807) is 6.92 Å². The van der Waals surface area contributed by atoms with Crippen molar-refractivity contribution >= 4 is 17.2 Å². The fraction of sp³-hybridized carbons (Fsp3) is 0.385. The van der Waals surface area contributed by atoms with Crippen LogP contribution in [-0.2, 0) is 6.18 Å². The van der Waals surface area contributed by atoms with Gasteiger partial charge in [-0.25, -0.2) is 4.98 Å².